The lowest BCUT2D eigenvalue weighted by molar-refractivity contribution is 0.384. The summed E-state index contributed by atoms with van der Waals surface area (Å²) in [5, 5.41) is 24.6. The van der Waals surface area contributed by atoms with Crippen molar-refractivity contribution in [1.82, 2.24) is 15.4 Å². The first kappa shape index (κ1) is 14.0. The van der Waals surface area contributed by atoms with E-state index in [2.05, 4.69) is 26.7 Å². The third kappa shape index (κ3) is 2.77. The molecular formula is C14H17N5O. The van der Waals surface area contributed by atoms with Gasteiger partial charge in [-0.1, -0.05) is 19.0 Å². The van der Waals surface area contributed by atoms with Gasteiger partial charge in [-0.2, -0.15) is 10.4 Å². The van der Waals surface area contributed by atoms with Crippen LogP contribution in [0.2, 0.25) is 0 Å². The molecule has 2 rings (SSSR count). The summed E-state index contributed by atoms with van der Waals surface area (Å²) >= 11 is 0. The molecule has 6 nitrogen and oxygen atoms in total. The number of nitrogens with one attached hydrogen (secondary N) is 1. The molecule has 0 fully saturated rings. The summed E-state index contributed by atoms with van der Waals surface area (Å²) in [4.78, 5) is 0. The van der Waals surface area contributed by atoms with Gasteiger partial charge in [0, 0.05) is 6.07 Å². The second-order valence-electron chi connectivity index (χ2n) is 4.46. The zero-order valence-electron chi connectivity index (χ0n) is 11.9. The standard InChI is InChI=1S/C14H17N5O/c1-4-11-12(7-15)14(18-17-13(11)5-2)16-8-10-6-9(3)19-20-10/h6H,4-5,8H2,1-3H3,(H,16,18). The molecule has 0 saturated heterocycles. The smallest absolute Gasteiger partial charge is 0.167 e. The fourth-order valence-corrected chi connectivity index (χ4v) is 2.09. The largest absolute Gasteiger partial charge is 0.360 e. The fourth-order valence-electron chi connectivity index (χ4n) is 2.09. The lowest BCUT2D eigenvalue weighted by Gasteiger charge is -2.10. The third-order valence-electron chi connectivity index (χ3n) is 3.06. The van der Waals surface area contributed by atoms with E-state index in [1.165, 1.54) is 0 Å². The van der Waals surface area contributed by atoms with E-state index in [-0.39, 0.29) is 0 Å². The predicted octanol–water partition coefficient (Wildman–Crippen LogP) is 2.38. The van der Waals surface area contributed by atoms with Gasteiger partial charge in [-0.3, -0.25) is 0 Å². The average molecular weight is 271 g/mol. The van der Waals surface area contributed by atoms with Crippen LogP contribution in [-0.2, 0) is 19.4 Å². The van der Waals surface area contributed by atoms with Crippen LogP contribution in [0.25, 0.3) is 0 Å². The molecule has 2 aromatic rings. The zero-order chi connectivity index (χ0) is 14.5. The van der Waals surface area contributed by atoms with Gasteiger partial charge in [0.05, 0.1) is 17.9 Å². The molecule has 0 spiro atoms. The van der Waals surface area contributed by atoms with E-state index in [0.29, 0.717) is 23.7 Å². The molecule has 0 unspecified atom stereocenters. The Labute approximate surface area is 117 Å². The van der Waals surface area contributed by atoms with Crippen molar-refractivity contribution in [1.29, 1.82) is 5.26 Å². The first-order valence-corrected chi connectivity index (χ1v) is 6.64. The Hall–Kier alpha value is -2.42. The maximum absolute atomic E-state index is 9.36. The molecule has 0 aromatic carbocycles. The molecule has 2 aromatic heterocycles. The summed E-state index contributed by atoms with van der Waals surface area (Å²) in [5.41, 5.74) is 3.23. The highest BCUT2D eigenvalue weighted by Crippen LogP contribution is 2.20. The number of hydrogen-bond donors (Lipinski definition) is 1. The van der Waals surface area contributed by atoms with Crippen LogP contribution < -0.4 is 5.32 Å². The molecule has 6 heteroatoms. The van der Waals surface area contributed by atoms with Crippen LogP contribution >= 0.6 is 0 Å². The molecule has 2 heterocycles. The SMILES string of the molecule is CCc1nnc(NCc2cc(C)no2)c(C#N)c1CC. The van der Waals surface area contributed by atoms with E-state index in [1.807, 2.05) is 26.8 Å². The van der Waals surface area contributed by atoms with E-state index in [9.17, 15) is 5.26 Å². The van der Waals surface area contributed by atoms with Gasteiger partial charge in [0.25, 0.3) is 0 Å². The van der Waals surface area contributed by atoms with Crippen LogP contribution in [0.15, 0.2) is 10.6 Å². The van der Waals surface area contributed by atoms with Gasteiger partial charge >= 0.3 is 0 Å². The molecule has 0 radical (unpaired) electrons. The van der Waals surface area contributed by atoms with Gasteiger partial charge in [-0.05, 0) is 25.3 Å². The van der Waals surface area contributed by atoms with Crippen LogP contribution in [0.3, 0.4) is 0 Å². The summed E-state index contributed by atoms with van der Waals surface area (Å²) in [6.45, 7) is 6.31. The normalized spacial score (nSPS) is 10.3. The number of hydrogen-bond acceptors (Lipinski definition) is 6. The lowest BCUT2D eigenvalue weighted by atomic mass is 10.0. The number of aromatic nitrogens is 3. The molecule has 0 aliphatic rings. The summed E-state index contributed by atoms with van der Waals surface area (Å²) < 4.78 is 5.12. The Morgan fingerprint density at radius 2 is 2.10 bits per heavy atom. The van der Waals surface area contributed by atoms with Crippen molar-refractivity contribution >= 4 is 5.82 Å². The minimum Gasteiger partial charge on any atom is -0.360 e. The second-order valence-corrected chi connectivity index (χ2v) is 4.46. The van der Waals surface area contributed by atoms with Gasteiger partial charge in [-0.25, -0.2) is 0 Å². The van der Waals surface area contributed by atoms with E-state index < -0.39 is 0 Å². The first-order chi connectivity index (χ1) is 9.69. The quantitative estimate of drug-likeness (QED) is 0.898. The number of nitrogens with zero attached hydrogens (tertiary/aromatic N) is 4. The van der Waals surface area contributed by atoms with Gasteiger partial charge in [0.15, 0.2) is 11.6 Å². The van der Waals surface area contributed by atoms with Crippen LogP contribution in [0.1, 0.15) is 42.1 Å². The number of rotatable bonds is 5. The predicted molar refractivity (Wildman–Crippen MR) is 74.1 cm³/mol. The first-order valence-electron chi connectivity index (χ1n) is 6.64. The number of nitriles is 1. The Kier molecular flexibility index (Phi) is 4.31. The molecule has 1 N–H and O–H groups in total. The van der Waals surface area contributed by atoms with Crippen molar-refractivity contribution in [2.45, 2.75) is 40.2 Å². The van der Waals surface area contributed by atoms with E-state index in [1.54, 1.807) is 0 Å². The van der Waals surface area contributed by atoms with E-state index in [4.69, 9.17) is 4.52 Å². The van der Waals surface area contributed by atoms with E-state index in [0.717, 1.165) is 29.8 Å². The Morgan fingerprint density at radius 1 is 1.30 bits per heavy atom. The Balaban J connectivity index is 2.25. The van der Waals surface area contributed by atoms with Crippen molar-refractivity contribution in [2.75, 3.05) is 5.32 Å². The molecule has 0 saturated carbocycles. The number of aryl methyl sites for hydroxylation is 2. The summed E-state index contributed by atoms with van der Waals surface area (Å²) in [6.07, 6.45) is 1.53. The molecule has 0 atom stereocenters. The Morgan fingerprint density at radius 3 is 2.65 bits per heavy atom. The molecule has 104 valence electrons. The zero-order valence-corrected chi connectivity index (χ0v) is 11.9. The highest BCUT2D eigenvalue weighted by Gasteiger charge is 2.14. The molecule has 0 amide bonds. The van der Waals surface area contributed by atoms with Gasteiger partial charge < -0.3 is 9.84 Å². The highest BCUT2D eigenvalue weighted by molar-refractivity contribution is 5.56. The van der Waals surface area contributed by atoms with Gasteiger partial charge in [0.2, 0.25) is 0 Å². The number of anilines is 1. The topological polar surface area (TPSA) is 87.6 Å². The van der Waals surface area contributed by atoms with Crippen molar-refractivity contribution in [3.05, 3.63) is 34.3 Å². The van der Waals surface area contributed by atoms with Crippen molar-refractivity contribution < 1.29 is 4.52 Å². The fraction of sp³-hybridized carbons (Fsp3) is 0.429. The van der Waals surface area contributed by atoms with Crippen LogP contribution in [0, 0.1) is 18.3 Å². The maximum atomic E-state index is 9.36. The molecule has 0 aliphatic carbocycles. The highest BCUT2D eigenvalue weighted by atomic mass is 16.5. The minimum atomic E-state index is 0.429. The summed E-state index contributed by atoms with van der Waals surface area (Å²) in [7, 11) is 0. The summed E-state index contributed by atoms with van der Waals surface area (Å²) in [6, 6.07) is 4.06. The van der Waals surface area contributed by atoms with Crippen LogP contribution in [0.5, 0.6) is 0 Å². The van der Waals surface area contributed by atoms with Crippen molar-refractivity contribution in [2.24, 2.45) is 0 Å². The summed E-state index contributed by atoms with van der Waals surface area (Å²) in [5.74, 6) is 1.20. The molecule has 0 bridgehead atoms. The average Bonchev–Trinajstić information content (AvgIpc) is 2.89. The lowest BCUT2D eigenvalue weighted by Crippen LogP contribution is -2.09. The van der Waals surface area contributed by atoms with Crippen LogP contribution in [-0.4, -0.2) is 15.4 Å². The third-order valence-corrected chi connectivity index (χ3v) is 3.06. The molecular weight excluding hydrogens is 254 g/mol. The van der Waals surface area contributed by atoms with Gasteiger partial charge in [-0.15, -0.1) is 5.10 Å². The minimum absolute atomic E-state index is 0.429. The van der Waals surface area contributed by atoms with Gasteiger partial charge in [0.1, 0.15) is 11.6 Å². The van der Waals surface area contributed by atoms with E-state index >= 15 is 0 Å². The molecule has 20 heavy (non-hydrogen) atoms. The van der Waals surface area contributed by atoms with Crippen molar-refractivity contribution in [3.63, 3.8) is 0 Å². The monoisotopic (exact) mass is 271 g/mol. The van der Waals surface area contributed by atoms with Crippen LogP contribution in [0.4, 0.5) is 5.82 Å². The Bertz CT molecular complexity index is 641. The van der Waals surface area contributed by atoms with Crippen molar-refractivity contribution in [3.8, 4) is 6.07 Å². The maximum Gasteiger partial charge on any atom is 0.167 e. The molecule has 0 aliphatic heterocycles. The second kappa shape index (κ2) is 6.15.